The highest BCUT2D eigenvalue weighted by molar-refractivity contribution is 5.79. The lowest BCUT2D eigenvalue weighted by molar-refractivity contribution is 0.472. The van der Waals surface area contributed by atoms with Crippen molar-refractivity contribution in [3.8, 4) is 0 Å². The number of hydrogen-bond acceptors (Lipinski definition) is 3. The summed E-state index contributed by atoms with van der Waals surface area (Å²) in [5.41, 5.74) is 0. The number of aliphatic imine (C=N–C) groups is 1. The largest absolute Gasteiger partial charge is 0.357 e. The van der Waals surface area contributed by atoms with Crippen molar-refractivity contribution in [3.05, 3.63) is 11.6 Å². The molecule has 1 fully saturated rings. The van der Waals surface area contributed by atoms with E-state index in [1.165, 1.54) is 51.4 Å². The monoisotopic (exact) mass is 332 g/mol. The maximum atomic E-state index is 4.68. The lowest BCUT2D eigenvalue weighted by Crippen LogP contribution is -2.37. The molecule has 0 unspecified atom stereocenters. The molecular formula is C18H32N6. The minimum absolute atomic E-state index is 0.602. The third kappa shape index (κ3) is 4.71. The van der Waals surface area contributed by atoms with E-state index in [0.717, 1.165) is 49.6 Å². The van der Waals surface area contributed by atoms with Crippen LogP contribution in [0.3, 0.4) is 0 Å². The highest BCUT2D eigenvalue weighted by Crippen LogP contribution is 2.28. The quantitative estimate of drug-likeness (QED) is 0.436. The van der Waals surface area contributed by atoms with Crippen LogP contribution in [0.25, 0.3) is 0 Å². The molecule has 1 aromatic rings. The Hall–Kier alpha value is -1.59. The molecule has 1 aromatic heterocycles. The summed E-state index contributed by atoms with van der Waals surface area (Å²) in [5.74, 6) is 4.00. The molecule has 0 radical (unpaired) electrons. The van der Waals surface area contributed by atoms with E-state index in [1.807, 2.05) is 0 Å². The van der Waals surface area contributed by atoms with Gasteiger partial charge >= 0.3 is 0 Å². The van der Waals surface area contributed by atoms with E-state index >= 15 is 0 Å². The molecule has 0 spiro atoms. The Morgan fingerprint density at radius 2 is 2.04 bits per heavy atom. The minimum atomic E-state index is 0.602. The molecule has 2 N–H and O–H groups in total. The average molecular weight is 332 g/mol. The smallest absolute Gasteiger partial charge is 0.191 e. The lowest BCUT2D eigenvalue weighted by Gasteiger charge is -2.12. The van der Waals surface area contributed by atoms with E-state index < -0.39 is 0 Å². The van der Waals surface area contributed by atoms with Gasteiger partial charge in [-0.05, 0) is 25.7 Å². The zero-order chi connectivity index (χ0) is 16.6. The summed E-state index contributed by atoms with van der Waals surface area (Å²) in [7, 11) is 0. The van der Waals surface area contributed by atoms with Crippen LogP contribution in [0.2, 0.25) is 0 Å². The molecule has 1 saturated carbocycles. The topological polar surface area (TPSA) is 67.1 Å². The van der Waals surface area contributed by atoms with Gasteiger partial charge in [-0.1, -0.05) is 38.5 Å². The van der Waals surface area contributed by atoms with Crippen molar-refractivity contribution in [2.75, 3.05) is 13.1 Å². The van der Waals surface area contributed by atoms with Crippen LogP contribution in [0.4, 0.5) is 0 Å². The molecule has 3 rings (SSSR count). The van der Waals surface area contributed by atoms with Crippen molar-refractivity contribution in [1.82, 2.24) is 25.4 Å². The van der Waals surface area contributed by atoms with Crippen LogP contribution in [0.1, 0.15) is 69.9 Å². The molecule has 2 aliphatic rings. The normalized spacial score (nSPS) is 18.1. The second-order valence-corrected chi connectivity index (χ2v) is 7.06. The van der Waals surface area contributed by atoms with Crippen molar-refractivity contribution in [2.24, 2.45) is 10.9 Å². The van der Waals surface area contributed by atoms with Gasteiger partial charge in [0, 0.05) is 26.1 Å². The average Bonchev–Trinajstić information content (AvgIpc) is 3.31. The van der Waals surface area contributed by atoms with Gasteiger partial charge < -0.3 is 15.2 Å². The van der Waals surface area contributed by atoms with E-state index in [-0.39, 0.29) is 0 Å². The van der Waals surface area contributed by atoms with Crippen molar-refractivity contribution in [3.63, 3.8) is 0 Å². The summed E-state index contributed by atoms with van der Waals surface area (Å²) in [6.07, 6.45) is 12.0. The molecule has 2 heterocycles. The summed E-state index contributed by atoms with van der Waals surface area (Å²) in [4.78, 5) is 4.68. The highest BCUT2D eigenvalue weighted by Gasteiger charge is 2.17. The highest BCUT2D eigenvalue weighted by atomic mass is 15.3. The van der Waals surface area contributed by atoms with Crippen LogP contribution >= 0.6 is 0 Å². The Labute approximate surface area is 145 Å². The van der Waals surface area contributed by atoms with Crippen molar-refractivity contribution in [2.45, 2.75) is 77.8 Å². The lowest BCUT2D eigenvalue weighted by atomic mass is 10.0. The SMILES string of the molecule is CCNC(=NCc1nnc2n1CCC2)NCCCCC1CCCC1. The maximum Gasteiger partial charge on any atom is 0.191 e. The van der Waals surface area contributed by atoms with E-state index in [9.17, 15) is 0 Å². The van der Waals surface area contributed by atoms with Gasteiger partial charge in [0.05, 0.1) is 0 Å². The molecule has 0 aromatic carbocycles. The van der Waals surface area contributed by atoms with Crippen LogP contribution in [-0.4, -0.2) is 33.8 Å². The van der Waals surface area contributed by atoms with Crippen LogP contribution < -0.4 is 10.6 Å². The molecule has 6 heteroatoms. The fraction of sp³-hybridized carbons (Fsp3) is 0.833. The fourth-order valence-corrected chi connectivity index (χ4v) is 3.88. The molecule has 24 heavy (non-hydrogen) atoms. The predicted molar refractivity (Wildman–Crippen MR) is 97.0 cm³/mol. The fourth-order valence-electron chi connectivity index (χ4n) is 3.88. The van der Waals surface area contributed by atoms with Crippen molar-refractivity contribution in [1.29, 1.82) is 0 Å². The first-order valence-electron chi connectivity index (χ1n) is 9.80. The van der Waals surface area contributed by atoms with E-state index in [1.54, 1.807) is 0 Å². The first-order valence-corrected chi connectivity index (χ1v) is 9.80. The van der Waals surface area contributed by atoms with Crippen LogP contribution in [-0.2, 0) is 19.5 Å². The van der Waals surface area contributed by atoms with Crippen molar-refractivity contribution < 1.29 is 0 Å². The van der Waals surface area contributed by atoms with Crippen LogP contribution in [0.15, 0.2) is 4.99 Å². The molecule has 1 aliphatic heterocycles. The summed E-state index contributed by atoms with van der Waals surface area (Å²) >= 11 is 0. The number of nitrogens with zero attached hydrogens (tertiary/aromatic N) is 4. The maximum absolute atomic E-state index is 4.68. The zero-order valence-corrected chi connectivity index (χ0v) is 15.1. The summed E-state index contributed by atoms with van der Waals surface area (Å²) in [5, 5.41) is 15.3. The van der Waals surface area contributed by atoms with Gasteiger partial charge in [0.2, 0.25) is 0 Å². The Balaban J connectivity index is 1.40. The van der Waals surface area contributed by atoms with Gasteiger partial charge in [-0.15, -0.1) is 10.2 Å². The Kier molecular flexibility index (Phi) is 6.49. The molecular weight excluding hydrogens is 300 g/mol. The van der Waals surface area contributed by atoms with Crippen molar-refractivity contribution >= 4 is 5.96 Å². The number of hydrogen-bond donors (Lipinski definition) is 2. The Bertz CT molecular complexity index is 530. The first kappa shape index (κ1) is 17.2. The second-order valence-electron chi connectivity index (χ2n) is 7.06. The molecule has 1 aliphatic carbocycles. The van der Waals surface area contributed by atoms with Gasteiger partial charge in [-0.25, -0.2) is 4.99 Å². The Morgan fingerprint density at radius 1 is 1.17 bits per heavy atom. The summed E-state index contributed by atoms with van der Waals surface area (Å²) in [6, 6.07) is 0. The summed E-state index contributed by atoms with van der Waals surface area (Å²) < 4.78 is 2.22. The number of unbranched alkanes of at least 4 members (excludes halogenated alkanes) is 1. The van der Waals surface area contributed by atoms with E-state index in [4.69, 9.17) is 0 Å². The van der Waals surface area contributed by atoms with Gasteiger partial charge in [0.15, 0.2) is 11.8 Å². The van der Waals surface area contributed by atoms with E-state index in [2.05, 4.69) is 37.3 Å². The number of guanidine groups is 1. The van der Waals surface area contributed by atoms with Gasteiger partial charge in [-0.2, -0.15) is 0 Å². The second kappa shape index (κ2) is 9.04. The Morgan fingerprint density at radius 3 is 2.88 bits per heavy atom. The number of nitrogens with one attached hydrogen (secondary N) is 2. The number of rotatable bonds is 8. The predicted octanol–water partition coefficient (Wildman–Crippen LogP) is 2.64. The third-order valence-corrected chi connectivity index (χ3v) is 5.22. The molecule has 0 atom stereocenters. The minimum Gasteiger partial charge on any atom is -0.357 e. The zero-order valence-electron chi connectivity index (χ0n) is 15.1. The van der Waals surface area contributed by atoms with Gasteiger partial charge in [0.1, 0.15) is 12.4 Å². The standard InChI is InChI=1S/C18H32N6/c1-2-19-18(20-12-6-5-10-15-8-3-4-9-15)21-14-17-23-22-16-11-7-13-24(16)17/h15H,2-14H2,1H3,(H2,19,20,21). The number of aromatic nitrogens is 3. The third-order valence-electron chi connectivity index (χ3n) is 5.22. The van der Waals surface area contributed by atoms with Gasteiger partial charge in [0.25, 0.3) is 0 Å². The molecule has 134 valence electrons. The molecule has 6 nitrogen and oxygen atoms in total. The van der Waals surface area contributed by atoms with Crippen LogP contribution in [0, 0.1) is 5.92 Å². The summed E-state index contributed by atoms with van der Waals surface area (Å²) in [6.45, 7) is 5.62. The molecule has 0 amide bonds. The van der Waals surface area contributed by atoms with Crippen LogP contribution in [0.5, 0.6) is 0 Å². The number of aryl methyl sites for hydroxylation is 1. The van der Waals surface area contributed by atoms with Gasteiger partial charge in [-0.3, -0.25) is 0 Å². The number of fused-ring (bicyclic) bond motifs is 1. The first-order chi connectivity index (χ1) is 11.9. The van der Waals surface area contributed by atoms with E-state index in [0.29, 0.717) is 6.54 Å². The molecule has 0 saturated heterocycles. The molecule has 0 bridgehead atoms.